The number of fused-ring (bicyclic) bond motifs is 1. The van der Waals surface area contributed by atoms with Crippen LogP contribution in [0, 0.1) is 6.92 Å². The first-order valence-corrected chi connectivity index (χ1v) is 9.37. The summed E-state index contributed by atoms with van der Waals surface area (Å²) in [5.74, 6) is -0.145. The van der Waals surface area contributed by atoms with E-state index in [2.05, 4.69) is 9.97 Å². The highest BCUT2D eigenvalue weighted by atomic mass is 32.2. The van der Waals surface area contributed by atoms with Gasteiger partial charge in [-0.3, -0.25) is 0 Å². The van der Waals surface area contributed by atoms with Gasteiger partial charge in [0.1, 0.15) is 5.60 Å². The fraction of sp³-hybridized carbons (Fsp3) is 0.316. The molecule has 0 amide bonds. The van der Waals surface area contributed by atoms with E-state index in [0.717, 1.165) is 26.8 Å². The number of ether oxygens (including phenoxy) is 1. The quantitative estimate of drug-likeness (QED) is 0.523. The van der Waals surface area contributed by atoms with Gasteiger partial charge in [-0.25, -0.2) is 19.3 Å². The molecule has 2 heterocycles. The number of benzene rings is 1. The Morgan fingerprint density at radius 3 is 2.69 bits per heavy atom. The first-order valence-electron chi connectivity index (χ1n) is 8.15. The van der Waals surface area contributed by atoms with Crippen LogP contribution in [0.25, 0.3) is 22.0 Å². The van der Waals surface area contributed by atoms with E-state index >= 15 is 0 Å². The highest BCUT2D eigenvalue weighted by molar-refractivity contribution is 7.98. The number of nitrogens with zero attached hydrogens (tertiary/aromatic N) is 3. The van der Waals surface area contributed by atoms with Crippen LogP contribution < -0.4 is 0 Å². The van der Waals surface area contributed by atoms with Crippen molar-refractivity contribution in [3.8, 4) is 17.1 Å². The molecule has 6 nitrogen and oxygen atoms in total. The van der Waals surface area contributed by atoms with Crippen molar-refractivity contribution in [2.45, 2.75) is 38.5 Å². The third-order valence-corrected chi connectivity index (χ3v) is 4.35. The highest BCUT2D eigenvalue weighted by Crippen LogP contribution is 2.33. The van der Waals surface area contributed by atoms with Crippen molar-refractivity contribution in [3.05, 3.63) is 36.2 Å². The molecule has 0 aliphatic rings. The molecule has 0 spiro atoms. The summed E-state index contributed by atoms with van der Waals surface area (Å²) >= 11 is 1.47. The van der Waals surface area contributed by atoms with Gasteiger partial charge in [-0.05, 0) is 45.6 Å². The third-order valence-electron chi connectivity index (χ3n) is 3.79. The molecule has 26 heavy (non-hydrogen) atoms. The van der Waals surface area contributed by atoms with Crippen LogP contribution in [0.4, 0.5) is 4.79 Å². The number of hydrogen-bond donors (Lipinski definition) is 1. The van der Waals surface area contributed by atoms with Crippen LogP contribution in [0.1, 0.15) is 26.3 Å². The maximum atomic E-state index is 12.3. The average Bonchev–Trinajstić information content (AvgIpc) is 2.90. The van der Waals surface area contributed by atoms with Gasteiger partial charge in [0.25, 0.3) is 0 Å². The first kappa shape index (κ1) is 18.3. The largest absolute Gasteiger partial charge is 0.494 e. The van der Waals surface area contributed by atoms with Crippen LogP contribution in [-0.4, -0.2) is 37.6 Å². The van der Waals surface area contributed by atoms with Gasteiger partial charge >= 0.3 is 6.09 Å². The SMILES string of the molecule is CSc1ncc(C)c(-c2ccc3cn(C(=O)OC(C)(C)C)c(O)c3c2)n1. The van der Waals surface area contributed by atoms with E-state index in [-0.39, 0.29) is 5.88 Å². The van der Waals surface area contributed by atoms with Gasteiger partial charge in [0.15, 0.2) is 5.16 Å². The molecule has 0 fully saturated rings. The van der Waals surface area contributed by atoms with Gasteiger partial charge < -0.3 is 9.84 Å². The van der Waals surface area contributed by atoms with E-state index in [4.69, 9.17) is 4.74 Å². The Balaban J connectivity index is 2.07. The van der Waals surface area contributed by atoms with Crippen molar-refractivity contribution in [1.82, 2.24) is 14.5 Å². The maximum absolute atomic E-state index is 12.3. The Labute approximate surface area is 156 Å². The zero-order valence-electron chi connectivity index (χ0n) is 15.4. The molecule has 2 aromatic heterocycles. The van der Waals surface area contributed by atoms with Crippen LogP contribution in [0.5, 0.6) is 5.88 Å². The second-order valence-electron chi connectivity index (χ2n) is 6.99. The molecule has 0 atom stereocenters. The van der Waals surface area contributed by atoms with Crippen molar-refractivity contribution in [2.75, 3.05) is 6.26 Å². The van der Waals surface area contributed by atoms with Crippen molar-refractivity contribution in [3.63, 3.8) is 0 Å². The smallest absolute Gasteiger partial charge is 0.421 e. The molecule has 0 saturated carbocycles. The van der Waals surface area contributed by atoms with E-state index in [1.807, 2.05) is 31.4 Å². The van der Waals surface area contributed by atoms with Gasteiger partial charge in [0.2, 0.25) is 5.88 Å². The molecule has 0 radical (unpaired) electrons. The Bertz CT molecular complexity index is 990. The molecule has 0 saturated heterocycles. The molecule has 3 aromatic rings. The Kier molecular flexibility index (Phi) is 4.66. The molecule has 3 rings (SSSR count). The topological polar surface area (TPSA) is 77.2 Å². The number of carbonyl (C=O) groups is 1. The van der Waals surface area contributed by atoms with Crippen LogP contribution >= 0.6 is 11.8 Å². The maximum Gasteiger partial charge on any atom is 0.421 e. The van der Waals surface area contributed by atoms with Crippen LogP contribution in [0.3, 0.4) is 0 Å². The molecule has 1 N–H and O–H groups in total. The zero-order valence-corrected chi connectivity index (χ0v) is 16.2. The Morgan fingerprint density at radius 1 is 1.31 bits per heavy atom. The summed E-state index contributed by atoms with van der Waals surface area (Å²) in [7, 11) is 0. The fourth-order valence-corrected chi connectivity index (χ4v) is 2.95. The van der Waals surface area contributed by atoms with Crippen LogP contribution in [0.2, 0.25) is 0 Å². The second kappa shape index (κ2) is 6.64. The summed E-state index contributed by atoms with van der Waals surface area (Å²) < 4.78 is 6.46. The molecule has 0 unspecified atom stereocenters. The van der Waals surface area contributed by atoms with Crippen molar-refractivity contribution >= 4 is 28.6 Å². The molecule has 136 valence electrons. The minimum absolute atomic E-state index is 0.145. The molecule has 0 aliphatic carbocycles. The third kappa shape index (κ3) is 3.53. The monoisotopic (exact) mass is 371 g/mol. The predicted octanol–water partition coefficient (Wildman–Crippen LogP) is 4.62. The lowest BCUT2D eigenvalue weighted by atomic mass is 10.1. The van der Waals surface area contributed by atoms with E-state index in [0.29, 0.717) is 10.5 Å². The summed E-state index contributed by atoms with van der Waals surface area (Å²) in [6.07, 6.45) is 4.66. The van der Waals surface area contributed by atoms with Crippen LogP contribution in [-0.2, 0) is 4.74 Å². The number of rotatable bonds is 2. The number of hydrogen-bond acceptors (Lipinski definition) is 6. The molecule has 0 bridgehead atoms. The van der Waals surface area contributed by atoms with Crippen LogP contribution in [0.15, 0.2) is 35.7 Å². The van der Waals surface area contributed by atoms with Gasteiger partial charge in [-0.1, -0.05) is 23.9 Å². The second-order valence-corrected chi connectivity index (χ2v) is 7.77. The number of aryl methyl sites for hydroxylation is 1. The highest BCUT2D eigenvalue weighted by Gasteiger charge is 2.21. The summed E-state index contributed by atoms with van der Waals surface area (Å²) in [4.78, 5) is 21.1. The summed E-state index contributed by atoms with van der Waals surface area (Å²) in [6.45, 7) is 7.29. The fourth-order valence-electron chi connectivity index (χ4n) is 2.61. The van der Waals surface area contributed by atoms with E-state index in [1.165, 1.54) is 11.8 Å². The Hall–Kier alpha value is -2.54. The normalized spacial score (nSPS) is 11.7. The molecule has 0 aliphatic heterocycles. The first-order chi connectivity index (χ1) is 12.2. The van der Waals surface area contributed by atoms with Crippen molar-refractivity contribution < 1.29 is 14.6 Å². The van der Waals surface area contributed by atoms with E-state index in [9.17, 15) is 9.90 Å². The van der Waals surface area contributed by atoms with Crippen molar-refractivity contribution in [1.29, 1.82) is 0 Å². The lowest BCUT2D eigenvalue weighted by molar-refractivity contribution is 0.0526. The Morgan fingerprint density at radius 2 is 2.04 bits per heavy atom. The zero-order chi connectivity index (χ0) is 19.1. The van der Waals surface area contributed by atoms with Gasteiger partial charge in [-0.15, -0.1) is 0 Å². The standard InChI is InChI=1S/C19H21N3O3S/c1-11-9-20-17(26-5)21-15(11)12-6-7-13-10-22(16(23)14(13)8-12)18(24)25-19(2,3)4/h6-10,23H,1-5H3. The van der Waals surface area contributed by atoms with E-state index < -0.39 is 11.7 Å². The molecule has 1 aromatic carbocycles. The van der Waals surface area contributed by atoms with Gasteiger partial charge in [0, 0.05) is 28.7 Å². The molecular formula is C19H21N3O3S. The number of aromatic nitrogens is 3. The van der Waals surface area contributed by atoms with E-state index in [1.54, 1.807) is 33.2 Å². The lowest BCUT2D eigenvalue weighted by Gasteiger charge is -2.19. The lowest BCUT2D eigenvalue weighted by Crippen LogP contribution is -2.26. The molecular weight excluding hydrogens is 350 g/mol. The summed E-state index contributed by atoms with van der Waals surface area (Å²) in [5.41, 5.74) is 1.95. The summed E-state index contributed by atoms with van der Waals surface area (Å²) in [6, 6.07) is 5.59. The number of carbonyl (C=O) groups excluding carboxylic acids is 1. The minimum Gasteiger partial charge on any atom is -0.494 e. The number of thioether (sulfide) groups is 1. The molecule has 7 heteroatoms. The average molecular weight is 371 g/mol. The predicted molar refractivity (Wildman–Crippen MR) is 103 cm³/mol. The van der Waals surface area contributed by atoms with Gasteiger partial charge in [-0.2, -0.15) is 0 Å². The number of aromatic hydroxyl groups is 1. The van der Waals surface area contributed by atoms with Gasteiger partial charge in [0.05, 0.1) is 5.69 Å². The summed E-state index contributed by atoms with van der Waals surface area (Å²) in [5, 5.41) is 12.5. The minimum atomic E-state index is -0.641. The van der Waals surface area contributed by atoms with Crippen molar-refractivity contribution in [2.24, 2.45) is 0 Å².